The van der Waals surface area contributed by atoms with Crippen molar-refractivity contribution in [3.63, 3.8) is 0 Å². The summed E-state index contributed by atoms with van der Waals surface area (Å²) in [4.78, 5) is 82.5. The largest absolute Gasteiger partial charge is 0.512 e. The average molecular weight is 715 g/mol. The number of hydrogen-bond acceptors (Lipinski definition) is 14. The lowest BCUT2D eigenvalue weighted by atomic mass is 9.47. The third-order valence-electron chi connectivity index (χ3n) is 11.9. The van der Waals surface area contributed by atoms with Crippen LogP contribution < -0.4 is 0 Å². The number of fused-ring (bicyclic) bond motifs is 4. The van der Waals surface area contributed by atoms with Gasteiger partial charge in [-0.25, -0.2) is 0 Å². The number of aliphatic hydroxyl groups is 2. The Kier molecular flexibility index (Phi) is 6.73. The minimum atomic E-state index is -2.28. The Balaban J connectivity index is 1.59. The highest BCUT2D eigenvalue weighted by atomic mass is 16.6. The van der Waals surface area contributed by atoms with Crippen LogP contribution in [0.3, 0.4) is 0 Å². The Morgan fingerprint density at radius 3 is 1.19 bits per heavy atom. The average Bonchev–Trinajstić information content (AvgIpc) is 3.40. The van der Waals surface area contributed by atoms with Crippen molar-refractivity contribution < 1.29 is 68.1 Å². The van der Waals surface area contributed by atoms with E-state index in [0.29, 0.717) is 11.1 Å². The Labute approximate surface area is 295 Å². The van der Waals surface area contributed by atoms with E-state index in [0.717, 1.165) is 27.7 Å². The summed E-state index contributed by atoms with van der Waals surface area (Å²) < 4.78 is 23.6. The van der Waals surface area contributed by atoms with Crippen LogP contribution in [0, 0.1) is 48.3 Å². The number of hydrogen-bond donors (Lipinski definition) is 4. The van der Waals surface area contributed by atoms with Crippen LogP contribution >= 0.6 is 0 Å². The van der Waals surface area contributed by atoms with E-state index in [-0.39, 0.29) is 33.4 Å². The number of benzene rings is 2. The van der Waals surface area contributed by atoms with Crippen molar-refractivity contribution in [3.05, 3.63) is 80.3 Å². The number of ketones is 2. The van der Waals surface area contributed by atoms with Gasteiger partial charge in [-0.2, -0.15) is 0 Å². The van der Waals surface area contributed by atoms with E-state index < -0.39 is 117 Å². The fraction of sp³-hybridized carbons (Fsp3) is 0.421. The van der Waals surface area contributed by atoms with Crippen LogP contribution in [0.1, 0.15) is 82.9 Å². The minimum Gasteiger partial charge on any atom is -0.512 e. The molecule has 0 aromatic heterocycles. The smallest absolute Gasteiger partial charge is 0.303 e. The van der Waals surface area contributed by atoms with Crippen LogP contribution in [0.4, 0.5) is 0 Å². The molecular formula is C38H34O14. The third-order valence-corrected chi connectivity index (χ3v) is 11.9. The van der Waals surface area contributed by atoms with Crippen LogP contribution in [0.5, 0.6) is 11.5 Å². The SMILES string of the molecule is CC(=O)OC1C2=C(O)C3C(OC(C)=O)C4C5C(OC(C)=O)C(C(O)=C6C(OC(C)=O)c7cc(C)cc(O)c7C(=O)C635)C24C(=O)c2c(O)cc(C)cc21. The molecular weight excluding hydrogens is 680 g/mol. The molecule has 0 aliphatic heterocycles. The van der Waals surface area contributed by atoms with Gasteiger partial charge in [0.2, 0.25) is 0 Å². The molecule has 0 heterocycles. The van der Waals surface area contributed by atoms with Gasteiger partial charge in [0, 0.05) is 61.8 Å². The summed E-state index contributed by atoms with van der Waals surface area (Å²) in [6.45, 7) is 7.63. The van der Waals surface area contributed by atoms with Crippen LogP contribution in [0.2, 0.25) is 0 Å². The Bertz CT molecular complexity index is 2040. The van der Waals surface area contributed by atoms with Gasteiger partial charge in [0.1, 0.15) is 35.2 Å². The molecule has 6 aliphatic rings. The maximum atomic E-state index is 15.5. The van der Waals surface area contributed by atoms with E-state index in [1.807, 2.05) is 0 Å². The molecule has 4 bridgehead atoms. The molecule has 0 amide bonds. The first-order valence-electron chi connectivity index (χ1n) is 16.7. The van der Waals surface area contributed by atoms with Crippen LogP contribution in [0.15, 0.2) is 46.9 Å². The van der Waals surface area contributed by atoms with E-state index in [1.54, 1.807) is 13.8 Å². The minimum absolute atomic E-state index is 0.0194. The molecule has 0 radical (unpaired) electrons. The molecule has 0 saturated heterocycles. The molecule has 14 heteroatoms. The number of rotatable bonds is 4. The van der Waals surface area contributed by atoms with Crippen molar-refractivity contribution >= 4 is 35.4 Å². The molecule has 6 aliphatic carbocycles. The zero-order valence-electron chi connectivity index (χ0n) is 28.8. The van der Waals surface area contributed by atoms with E-state index in [2.05, 4.69) is 0 Å². The van der Waals surface area contributed by atoms with Gasteiger partial charge in [-0.1, -0.05) is 12.1 Å². The number of esters is 4. The first-order valence-corrected chi connectivity index (χ1v) is 16.7. The lowest BCUT2D eigenvalue weighted by Crippen LogP contribution is -2.62. The highest BCUT2D eigenvalue weighted by molar-refractivity contribution is 6.13. The summed E-state index contributed by atoms with van der Waals surface area (Å²) >= 11 is 0. The molecule has 2 fully saturated rings. The zero-order valence-corrected chi connectivity index (χ0v) is 28.8. The van der Waals surface area contributed by atoms with E-state index in [9.17, 15) is 39.6 Å². The maximum Gasteiger partial charge on any atom is 0.303 e. The van der Waals surface area contributed by atoms with E-state index >= 15 is 9.59 Å². The molecule has 10 atom stereocenters. The molecule has 2 aromatic carbocycles. The number of carbonyl (C=O) groups excluding carboxylic acids is 6. The first kappa shape index (κ1) is 33.5. The molecule has 4 N–H and O–H groups in total. The normalized spacial score (nSPS) is 34.3. The molecule has 270 valence electrons. The van der Waals surface area contributed by atoms with Crippen molar-refractivity contribution in [3.8, 4) is 11.5 Å². The van der Waals surface area contributed by atoms with Crippen LogP contribution in [-0.2, 0) is 38.1 Å². The number of Topliss-reactive ketones (excluding diaryl/α,β-unsaturated/α-hetero) is 2. The lowest BCUT2D eigenvalue weighted by Gasteiger charge is -2.56. The number of aryl methyl sites for hydroxylation is 2. The van der Waals surface area contributed by atoms with Gasteiger partial charge < -0.3 is 39.4 Å². The van der Waals surface area contributed by atoms with Crippen molar-refractivity contribution in [1.29, 1.82) is 0 Å². The fourth-order valence-electron chi connectivity index (χ4n) is 11.0. The van der Waals surface area contributed by atoms with Gasteiger partial charge >= 0.3 is 23.9 Å². The summed E-state index contributed by atoms with van der Waals surface area (Å²) in [5.74, 6) is -13.6. The van der Waals surface area contributed by atoms with Gasteiger partial charge in [0.05, 0.1) is 33.8 Å². The zero-order chi connectivity index (χ0) is 37.7. The molecule has 10 unspecified atom stereocenters. The number of phenolic OH excluding ortho intramolecular Hbond substituents is 2. The van der Waals surface area contributed by atoms with Crippen molar-refractivity contribution in [2.24, 2.45) is 34.5 Å². The Hall–Kier alpha value is -5.66. The van der Waals surface area contributed by atoms with Gasteiger partial charge in [0.15, 0.2) is 23.8 Å². The fourth-order valence-corrected chi connectivity index (χ4v) is 11.0. The van der Waals surface area contributed by atoms with Gasteiger partial charge in [0.25, 0.3) is 0 Å². The summed E-state index contributed by atoms with van der Waals surface area (Å²) in [6.07, 6.45) is -6.20. The van der Waals surface area contributed by atoms with Crippen LogP contribution in [-0.4, -0.2) is 68.1 Å². The number of aliphatic hydroxyl groups excluding tert-OH is 2. The standard InChI is InChI=1S/C38H34O14/c1-11-7-17-21(19(43)9-11)35(47)37-23-24-34(52-16(6)42)28(37)30(46)26-32(50-14(4)40)18-8-12(2)10-20(44)22(18)36(48)38(24,26)27(33(23)51-15(5)41)29(45)25(37)31(17)49-13(3)39/h7-10,23-24,27-28,31-34,43-46H,1-6H3. The predicted molar refractivity (Wildman–Crippen MR) is 173 cm³/mol. The summed E-state index contributed by atoms with van der Waals surface area (Å²) in [6, 6.07) is 5.62. The molecule has 2 spiro atoms. The quantitative estimate of drug-likeness (QED) is 0.260. The van der Waals surface area contributed by atoms with Crippen molar-refractivity contribution in [2.75, 3.05) is 0 Å². The van der Waals surface area contributed by atoms with Gasteiger partial charge in [-0.15, -0.1) is 0 Å². The topological polar surface area (TPSA) is 220 Å². The molecule has 2 aromatic rings. The van der Waals surface area contributed by atoms with Crippen molar-refractivity contribution in [1.82, 2.24) is 0 Å². The van der Waals surface area contributed by atoms with E-state index in [4.69, 9.17) is 18.9 Å². The summed E-state index contributed by atoms with van der Waals surface area (Å²) in [5.41, 5.74) is -4.68. The molecule has 14 nitrogen and oxygen atoms in total. The molecule has 8 rings (SSSR count). The lowest BCUT2D eigenvalue weighted by molar-refractivity contribution is -0.157. The number of ether oxygens (including phenoxy) is 4. The third kappa shape index (κ3) is 3.68. The number of phenols is 2. The van der Waals surface area contributed by atoms with Gasteiger partial charge in [-0.3, -0.25) is 28.8 Å². The molecule has 52 heavy (non-hydrogen) atoms. The van der Waals surface area contributed by atoms with Crippen LogP contribution in [0.25, 0.3) is 0 Å². The first-order chi connectivity index (χ1) is 24.4. The number of carbonyl (C=O) groups is 6. The Morgan fingerprint density at radius 1 is 0.558 bits per heavy atom. The molecule has 2 saturated carbocycles. The highest BCUT2D eigenvalue weighted by Gasteiger charge is 2.90. The highest BCUT2D eigenvalue weighted by Crippen LogP contribution is 2.83. The maximum absolute atomic E-state index is 15.5. The monoisotopic (exact) mass is 714 g/mol. The Morgan fingerprint density at radius 2 is 0.885 bits per heavy atom. The second kappa shape index (κ2) is 10.5. The van der Waals surface area contributed by atoms with Gasteiger partial charge in [-0.05, 0) is 37.1 Å². The number of aromatic hydroxyl groups is 2. The van der Waals surface area contributed by atoms with Crippen molar-refractivity contribution in [2.45, 2.75) is 66.0 Å². The second-order valence-corrected chi connectivity index (χ2v) is 14.6. The predicted octanol–water partition coefficient (Wildman–Crippen LogP) is 4.00. The summed E-state index contributed by atoms with van der Waals surface area (Å²) in [7, 11) is 0. The second-order valence-electron chi connectivity index (χ2n) is 14.6. The summed E-state index contributed by atoms with van der Waals surface area (Å²) in [5, 5.41) is 48.3. The van der Waals surface area contributed by atoms with E-state index in [1.165, 1.54) is 24.3 Å².